The smallest absolute Gasteiger partial charge is 0.261 e. The number of imide groups is 1. The van der Waals surface area contributed by atoms with Gasteiger partial charge in [-0.05, 0) is 41.8 Å². The van der Waals surface area contributed by atoms with E-state index in [1.165, 1.54) is 30.2 Å². The monoisotopic (exact) mass is 443 g/mol. The summed E-state index contributed by atoms with van der Waals surface area (Å²) in [4.78, 5) is 37.9. The molecule has 2 aromatic carbocycles. The van der Waals surface area contributed by atoms with Gasteiger partial charge in [-0.15, -0.1) is 0 Å². The van der Waals surface area contributed by atoms with Crippen LogP contribution in [0.15, 0.2) is 47.4 Å². The van der Waals surface area contributed by atoms with Gasteiger partial charge in [-0.2, -0.15) is 0 Å². The van der Waals surface area contributed by atoms with Crippen LogP contribution in [0.4, 0.5) is 5.69 Å². The number of sulfonamides is 1. The Morgan fingerprint density at radius 1 is 1.16 bits per heavy atom. The molecule has 0 radical (unpaired) electrons. The number of fused-ring (bicyclic) bond motifs is 1. The van der Waals surface area contributed by atoms with E-state index in [0.717, 1.165) is 5.56 Å². The van der Waals surface area contributed by atoms with E-state index in [4.69, 9.17) is 4.74 Å². The van der Waals surface area contributed by atoms with Crippen molar-refractivity contribution in [1.82, 2.24) is 10.2 Å². The van der Waals surface area contributed by atoms with Crippen molar-refractivity contribution < 1.29 is 27.5 Å². The topological polar surface area (TPSA) is 122 Å². The average molecular weight is 443 g/mol. The summed E-state index contributed by atoms with van der Waals surface area (Å²) in [6.45, 7) is 0.513. The number of anilines is 1. The maximum atomic E-state index is 12.9. The zero-order valence-electron chi connectivity index (χ0n) is 16.8. The molecular formula is C21H21N3O6S. The summed E-state index contributed by atoms with van der Waals surface area (Å²) < 4.78 is 33.1. The number of carbonyl (C=O) groups is 3. The van der Waals surface area contributed by atoms with Gasteiger partial charge in [-0.1, -0.05) is 18.2 Å². The Morgan fingerprint density at radius 3 is 2.71 bits per heavy atom. The highest BCUT2D eigenvalue weighted by molar-refractivity contribution is 7.92. The number of hydrogen-bond acceptors (Lipinski definition) is 6. The number of methoxy groups -OCH3 is 1. The van der Waals surface area contributed by atoms with Crippen LogP contribution in [0.1, 0.15) is 34.3 Å². The second-order valence-electron chi connectivity index (χ2n) is 7.46. The molecule has 2 aromatic rings. The first-order valence-corrected chi connectivity index (χ1v) is 11.1. The molecule has 3 amide bonds. The summed E-state index contributed by atoms with van der Waals surface area (Å²) in [6, 6.07) is 10.4. The predicted molar refractivity (Wildman–Crippen MR) is 110 cm³/mol. The van der Waals surface area contributed by atoms with Gasteiger partial charge in [0.05, 0.1) is 11.5 Å². The van der Waals surface area contributed by atoms with Crippen LogP contribution < -0.4 is 10.0 Å². The highest BCUT2D eigenvalue weighted by atomic mass is 32.2. The minimum atomic E-state index is -3.87. The summed E-state index contributed by atoms with van der Waals surface area (Å²) in [5.74, 6) is -1.21. The van der Waals surface area contributed by atoms with Crippen LogP contribution in [0.5, 0.6) is 0 Å². The number of ether oxygens (including phenoxy) is 1. The molecule has 1 unspecified atom stereocenters. The first-order valence-electron chi connectivity index (χ1n) is 9.67. The lowest BCUT2D eigenvalue weighted by molar-refractivity contribution is -0.136. The summed E-state index contributed by atoms with van der Waals surface area (Å²) in [7, 11) is -2.34. The van der Waals surface area contributed by atoms with Gasteiger partial charge in [0.25, 0.3) is 15.9 Å². The Hall–Kier alpha value is -3.24. The molecular weight excluding hydrogens is 422 g/mol. The minimum Gasteiger partial charge on any atom is -0.380 e. The van der Waals surface area contributed by atoms with Gasteiger partial charge in [-0.3, -0.25) is 24.4 Å². The number of piperidine rings is 1. The highest BCUT2D eigenvalue weighted by Crippen LogP contribution is 2.30. The van der Waals surface area contributed by atoms with Crippen molar-refractivity contribution >= 4 is 33.4 Å². The van der Waals surface area contributed by atoms with Crippen LogP contribution >= 0.6 is 0 Å². The van der Waals surface area contributed by atoms with E-state index in [9.17, 15) is 22.8 Å². The SMILES string of the molecule is COCc1cccc(S(=O)(=O)Nc2ccc3c(c2)C(=O)N(C2CCC(=O)NC2=O)C3)c1. The molecule has 4 rings (SSSR count). The van der Waals surface area contributed by atoms with Crippen molar-refractivity contribution in [2.24, 2.45) is 0 Å². The largest absolute Gasteiger partial charge is 0.380 e. The molecule has 2 heterocycles. The standard InChI is InChI=1S/C21H21N3O6S/c1-30-12-13-3-2-4-16(9-13)31(28,29)23-15-6-5-14-11-24(21(27)17(14)10-15)18-7-8-19(25)22-20(18)26/h2-6,9-10,18,23H,7-8,11-12H2,1H3,(H,22,25,26). The minimum absolute atomic E-state index is 0.0824. The Morgan fingerprint density at radius 2 is 1.97 bits per heavy atom. The lowest BCUT2D eigenvalue weighted by atomic mass is 10.0. The molecule has 0 aliphatic carbocycles. The zero-order valence-corrected chi connectivity index (χ0v) is 17.6. The van der Waals surface area contributed by atoms with Gasteiger partial charge in [0.1, 0.15) is 6.04 Å². The third-order valence-electron chi connectivity index (χ3n) is 5.30. The fourth-order valence-corrected chi connectivity index (χ4v) is 4.92. The molecule has 0 saturated carbocycles. The van der Waals surface area contributed by atoms with Crippen molar-refractivity contribution in [3.05, 3.63) is 59.2 Å². The molecule has 2 aliphatic rings. The number of rotatable bonds is 6. The van der Waals surface area contributed by atoms with Gasteiger partial charge in [0, 0.05) is 31.3 Å². The maximum Gasteiger partial charge on any atom is 0.261 e. The molecule has 0 spiro atoms. The van der Waals surface area contributed by atoms with Crippen LogP contribution in [0.25, 0.3) is 0 Å². The molecule has 2 aliphatic heterocycles. The van der Waals surface area contributed by atoms with E-state index in [0.29, 0.717) is 11.1 Å². The normalized spacial score (nSPS) is 18.7. The number of amides is 3. The Labute approximate surface area is 179 Å². The predicted octanol–water partition coefficient (Wildman–Crippen LogP) is 1.39. The van der Waals surface area contributed by atoms with Crippen molar-refractivity contribution in [1.29, 1.82) is 0 Å². The molecule has 0 bridgehead atoms. The number of benzene rings is 2. The Bertz CT molecular complexity index is 1180. The van der Waals surface area contributed by atoms with E-state index in [1.807, 2.05) is 0 Å². The van der Waals surface area contributed by atoms with E-state index < -0.39 is 22.0 Å². The lowest BCUT2D eigenvalue weighted by Gasteiger charge is -2.29. The van der Waals surface area contributed by atoms with E-state index in [1.54, 1.807) is 24.3 Å². The highest BCUT2D eigenvalue weighted by Gasteiger charge is 2.39. The quantitative estimate of drug-likeness (QED) is 0.651. The van der Waals surface area contributed by atoms with Crippen molar-refractivity contribution in [3.63, 3.8) is 0 Å². The van der Waals surface area contributed by atoms with Gasteiger partial charge in [0.15, 0.2) is 0 Å². The van der Waals surface area contributed by atoms with E-state index >= 15 is 0 Å². The van der Waals surface area contributed by atoms with Crippen LogP contribution in [0.3, 0.4) is 0 Å². The summed E-state index contributed by atoms with van der Waals surface area (Å²) >= 11 is 0. The molecule has 1 saturated heterocycles. The van der Waals surface area contributed by atoms with Gasteiger partial charge >= 0.3 is 0 Å². The van der Waals surface area contributed by atoms with Crippen molar-refractivity contribution in [2.75, 3.05) is 11.8 Å². The molecule has 2 N–H and O–H groups in total. The van der Waals surface area contributed by atoms with Crippen LogP contribution in [0, 0.1) is 0 Å². The third-order valence-corrected chi connectivity index (χ3v) is 6.68. The first-order chi connectivity index (χ1) is 14.8. The molecule has 162 valence electrons. The van der Waals surface area contributed by atoms with Crippen molar-refractivity contribution in [3.8, 4) is 0 Å². The van der Waals surface area contributed by atoms with Gasteiger partial charge in [-0.25, -0.2) is 8.42 Å². The van der Waals surface area contributed by atoms with Gasteiger partial charge < -0.3 is 9.64 Å². The Kier molecular flexibility index (Phi) is 5.50. The van der Waals surface area contributed by atoms with Crippen molar-refractivity contribution in [2.45, 2.75) is 36.9 Å². The number of nitrogens with one attached hydrogen (secondary N) is 2. The second kappa shape index (κ2) is 8.12. The summed E-state index contributed by atoms with van der Waals surface area (Å²) in [5.41, 5.74) is 1.99. The van der Waals surface area contributed by atoms with Crippen LogP contribution in [0.2, 0.25) is 0 Å². The van der Waals surface area contributed by atoms with E-state index in [-0.39, 0.29) is 48.4 Å². The van der Waals surface area contributed by atoms with Crippen LogP contribution in [-0.2, 0) is 37.5 Å². The van der Waals surface area contributed by atoms with Crippen LogP contribution in [-0.4, -0.2) is 44.2 Å². The fourth-order valence-electron chi connectivity index (χ4n) is 3.80. The maximum absolute atomic E-state index is 12.9. The molecule has 1 atom stereocenters. The molecule has 9 nitrogen and oxygen atoms in total. The van der Waals surface area contributed by atoms with E-state index in [2.05, 4.69) is 10.0 Å². The Balaban J connectivity index is 1.54. The molecule has 1 fully saturated rings. The second-order valence-corrected chi connectivity index (χ2v) is 9.14. The molecule has 0 aromatic heterocycles. The number of hydrogen-bond donors (Lipinski definition) is 2. The molecule has 31 heavy (non-hydrogen) atoms. The lowest BCUT2D eigenvalue weighted by Crippen LogP contribution is -2.52. The third kappa shape index (κ3) is 4.17. The fraction of sp³-hybridized carbons (Fsp3) is 0.286. The summed E-state index contributed by atoms with van der Waals surface area (Å²) in [6.07, 6.45) is 0.436. The summed E-state index contributed by atoms with van der Waals surface area (Å²) in [5, 5.41) is 2.26. The number of nitrogens with zero attached hydrogens (tertiary/aromatic N) is 1. The first kappa shape index (κ1) is 21.0. The molecule has 10 heteroatoms. The average Bonchev–Trinajstić information content (AvgIpc) is 3.04. The van der Waals surface area contributed by atoms with Gasteiger partial charge in [0.2, 0.25) is 11.8 Å². The number of carbonyl (C=O) groups excluding carboxylic acids is 3. The zero-order chi connectivity index (χ0) is 22.2.